The molecular weight excluding hydrogens is 409 g/mol. The van der Waals surface area contributed by atoms with Crippen LogP contribution >= 0.6 is 0 Å². The molecule has 0 bridgehead atoms. The van der Waals surface area contributed by atoms with E-state index in [1.165, 1.54) is 12.1 Å². The number of rotatable bonds is 4. The largest absolute Gasteiger partial charge is 0.439 e. The molecule has 2 aliphatic rings. The lowest BCUT2D eigenvalue weighted by Gasteiger charge is -2.22. The maximum absolute atomic E-state index is 13.5. The summed E-state index contributed by atoms with van der Waals surface area (Å²) < 4.78 is 19.2. The van der Waals surface area contributed by atoms with Gasteiger partial charge in [0.2, 0.25) is 0 Å². The van der Waals surface area contributed by atoms with Crippen molar-refractivity contribution in [2.45, 2.75) is 18.4 Å². The minimum atomic E-state index is -0.694. The molecule has 1 unspecified atom stereocenters. The number of para-hydroxylation sites is 1. The van der Waals surface area contributed by atoms with Gasteiger partial charge in [0.05, 0.1) is 13.1 Å². The molecule has 3 aromatic rings. The van der Waals surface area contributed by atoms with Crippen molar-refractivity contribution >= 4 is 17.7 Å². The Kier molecular flexibility index (Phi) is 5.09. The Morgan fingerprint density at radius 1 is 1.06 bits per heavy atom. The summed E-state index contributed by atoms with van der Waals surface area (Å²) in [6.45, 7) is 1.28. The third kappa shape index (κ3) is 3.93. The van der Waals surface area contributed by atoms with Gasteiger partial charge in [0.25, 0.3) is 5.91 Å². The lowest BCUT2D eigenvalue weighted by atomic mass is 10.0. The number of hydrogen-bond acceptors (Lipinski definition) is 4. The Bertz CT molecular complexity index is 1170. The van der Waals surface area contributed by atoms with Crippen molar-refractivity contribution in [2.75, 3.05) is 24.5 Å². The quantitative estimate of drug-likeness (QED) is 0.625. The first-order valence-electron chi connectivity index (χ1n) is 10.6. The molecule has 2 amide bonds. The zero-order valence-corrected chi connectivity index (χ0v) is 17.4. The van der Waals surface area contributed by atoms with E-state index in [-0.39, 0.29) is 17.8 Å². The van der Waals surface area contributed by atoms with E-state index in [0.29, 0.717) is 43.7 Å². The molecule has 2 fully saturated rings. The fraction of sp³-hybridized carbons (Fsp3) is 0.240. The number of amides is 2. The van der Waals surface area contributed by atoms with E-state index in [9.17, 15) is 14.0 Å². The minimum Gasteiger partial charge on any atom is -0.439 e. The minimum absolute atomic E-state index is 0.126. The number of aromatic nitrogens is 1. The number of benzene rings is 2. The number of carbonyl (C=O) groups is 2. The zero-order chi connectivity index (χ0) is 22.1. The summed E-state index contributed by atoms with van der Waals surface area (Å²) >= 11 is 0. The molecule has 5 rings (SSSR count). The number of pyridine rings is 1. The molecular formula is C25H22FN3O3. The Hall–Kier alpha value is -3.74. The smallest absolute Gasteiger partial charge is 0.415 e. The van der Waals surface area contributed by atoms with E-state index in [1.54, 1.807) is 34.2 Å². The molecule has 0 saturated carbocycles. The number of likely N-dealkylation sites (tertiary alicyclic amines) is 1. The maximum Gasteiger partial charge on any atom is 0.415 e. The highest BCUT2D eigenvalue weighted by molar-refractivity contribution is 5.95. The lowest BCUT2D eigenvalue weighted by Crippen LogP contribution is -2.39. The van der Waals surface area contributed by atoms with Gasteiger partial charge in [0, 0.05) is 42.5 Å². The highest BCUT2D eigenvalue weighted by Crippen LogP contribution is 2.35. The van der Waals surface area contributed by atoms with E-state index in [0.717, 1.165) is 11.3 Å². The van der Waals surface area contributed by atoms with Crippen LogP contribution in [0.4, 0.5) is 14.9 Å². The van der Waals surface area contributed by atoms with E-state index >= 15 is 0 Å². The van der Waals surface area contributed by atoms with Crippen molar-refractivity contribution in [3.63, 3.8) is 0 Å². The molecule has 2 saturated heterocycles. The topological polar surface area (TPSA) is 62.7 Å². The van der Waals surface area contributed by atoms with Crippen molar-refractivity contribution < 1.29 is 18.7 Å². The van der Waals surface area contributed by atoms with Crippen LogP contribution in [0.15, 0.2) is 72.9 Å². The van der Waals surface area contributed by atoms with Gasteiger partial charge in [-0.3, -0.25) is 14.7 Å². The molecule has 1 atom stereocenters. The maximum atomic E-state index is 13.5. The van der Waals surface area contributed by atoms with Crippen LogP contribution in [0.25, 0.3) is 0 Å². The Morgan fingerprint density at radius 2 is 1.91 bits per heavy atom. The molecule has 2 aromatic carbocycles. The SMILES string of the molecule is O=C(c1ccnc(Cc2cccc(F)c2)c1)N1CCC2(C1)CN(c1ccccc1)C(=O)O2. The first kappa shape index (κ1) is 20.2. The molecule has 0 radical (unpaired) electrons. The number of halogens is 1. The molecule has 0 aliphatic carbocycles. The zero-order valence-electron chi connectivity index (χ0n) is 17.4. The summed E-state index contributed by atoms with van der Waals surface area (Å²) in [5.41, 5.74) is 2.10. The molecule has 7 heteroatoms. The van der Waals surface area contributed by atoms with Crippen molar-refractivity contribution in [3.05, 3.63) is 95.6 Å². The second-order valence-corrected chi connectivity index (χ2v) is 8.29. The van der Waals surface area contributed by atoms with Crippen LogP contribution in [0.3, 0.4) is 0 Å². The summed E-state index contributed by atoms with van der Waals surface area (Å²) in [5, 5.41) is 0. The van der Waals surface area contributed by atoms with E-state index in [1.807, 2.05) is 36.4 Å². The van der Waals surface area contributed by atoms with E-state index in [4.69, 9.17) is 4.74 Å². The highest BCUT2D eigenvalue weighted by atomic mass is 19.1. The number of anilines is 1. The van der Waals surface area contributed by atoms with Crippen LogP contribution in [0.2, 0.25) is 0 Å². The Labute approximate surface area is 185 Å². The third-order valence-electron chi connectivity index (χ3n) is 5.98. The Balaban J connectivity index is 1.29. The van der Waals surface area contributed by atoms with Crippen LogP contribution in [0.1, 0.15) is 28.0 Å². The van der Waals surface area contributed by atoms with E-state index in [2.05, 4.69) is 4.98 Å². The summed E-state index contributed by atoms with van der Waals surface area (Å²) in [7, 11) is 0. The first-order chi connectivity index (χ1) is 15.5. The van der Waals surface area contributed by atoms with Crippen LogP contribution in [-0.2, 0) is 11.2 Å². The predicted molar refractivity (Wildman–Crippen MR) is 117 cm³/mol. The lowest BCUT2D eigenvalue weighted by molar-refractivity contribution is 0.0553. The fourth-order valence-electron chi connectivity index (χ4n) is 4.41. The highest BCUT2D eigenvalue weighted by Gasteiger charge is 2.51. The van der Waals surface area contributed by atoms with E-state index < -0.39 is 5.60 Å². The summed E-state index contributed by atoms with van der Waals surface area (Å²) in [6.07, 6.45) is 2.24. The summed E-state index contributed by atoms with van der Waals surface area (Å²) in [4.78, 5) is 33.3. The predicted octanol–water partition coefficient (Wildman–Crippen LogP) is 4.05. The molecule has 0 N–H and O–H groups in total. The molecule has 162 valence electrons. The van der Waals surface area contributed by atoms with Gasteiger partial charge in [-0.1, -0.05) is 30.3 Å². The fourth-order valence-corrected chi connectivity index (χ4v) is 4.41. The van der Waals surface area contributed by atoms with Crippen LogP contribution in [0, 0.1) is 5.82 Å². The van der Waals surface area contributed by atoms with Crippen molar-refractivity contribution in [2.24, 2.45) is 0 Å². The molecule has 1 spiro atoms. The van der Waals surface area contributed by atoms with Crippen LogP contribution in [-0.4, -0.2) is 47.1 Å². The average molecular weight is 431 g/mol. The van der Waals surface area contributed by atoms with Crippen molar-refractivity contribution in [1.82, 2.24) is 9.88 Å². The molecule has 32 heavy (non-hydrogen) atoms. The van der Waals surface area contributed by atoms with Gasteiger partial charge in [-0.25, -0.2) is 9.18 Å². The van der Waals surface area contributed by atoms with Crippen molar-refractivity contribution in [3.8, 4) is 0 Å². The summed E-state index contributed by atoms with van der Waals surface area (Å²) in [6, 6.07) is 19.2. The van der Waals surface area contributed by atoms with Gasteiger partial charge in [-0.2, -0.15) is 0 Å². The third-order valence-corrected chi connectivity index (χ3v) is 5.98. The van der Waals surface area contributed by atoms with Crippen LogP contribution in [0.5, 0.6) is 0 Å². The van der Waals surface area contributed by atoms with Gasteiger partial charge in [-0.05, 0) is 42.0 Å². The number of carbonyl (C=O) groups excluding carboxylic acids is 2. The summed E-state index contributed by atoms with van der Waals surface area (Å²) in [5.74, 6) is -0.424. The standard InChI is InChI=1S/C25H22FN3O3/c26-20-6-4-5-18(13-20)14-21-15-19(9-11-27-21)23(30)28-12-10-25(16-28)17-29(24(31)32-25)22-7-2-1-3-8-22/h1-9,11,13,15H,10,12,14,16-17H2. The Morgan fingerprint density at radius 3 is 2.72 bits per heavy atom. The molecule has 6 nitrogen and oxygen atoms in total. The number of ether oxygens (including phenoxy) is 1. The number of hydrogen-bond donors (Lipinski definition) is 0. The van der Waals surface area contributed by atoms with Gasteiger partial charge in [0.15, 0.2) is 5.60 Å². The second-order valence-electron chi connectivity index (χ2n) is 8.29. The monoisotopic (exact) mass is 431 g/mol. The first-order valence-corrected chi connectivity index (χ1v) is 10.6. The van der Waals surface area contributed by atoms with Crippen molar-refractivity contribution in [1.29, 1.82) is 0 Å². The normalized spacial score (nSPS) is 20.1. The molecule has 2 aliphatic heterocycles. The molecule has 3 heterocycles. The van der Waals surface area contributed by atoms with Gasteiger partial charge < -0.3 is 9.64 Å². The van der Waals surface area contributed by atoms with Gasteiger partial charge in [0.1, 0.15) is 5.82 Å². The second kappa shape index (κ2) is 8.07. The van der Waals surface area contributed by atoms with Crippen LogP contribution < -0.4 is 4.90 Å². The number of nitrogens with zero attached hydrogens (tertiary/aromatic N) is 3. The average Bonchev–Trinajstić information content (AvgIpc) is 3.36. The van der Waals surface area contributed by atoms with Gasteiger partial charge in [-0.15, -0.1) is 0 Å². The molecule has 1 aromatic heterocycles. The van der Waals surface area contributed by atoms with Gasteiger partial charge >= 0.3 is 6.09 Å².